The summed E-state index contributed by atoms with van der Waals surface area (Å²) in [5.74, 6) is 0.436. The smallest absolute Gasteiger partial charge is 0.347 e. The van der Waals surface area contributed by atoms with E-state index in [9.17, 15) is 4.79 Å². The number of aryl methyl sites for hydroxylation is 2. The van der Waals surface area contributed by atoms with Crippen LogP contribution in [0.5, 0.6) is 5.75 Å². The molecule has 0 N–H and O–H groups in total. The van der Waals surface area contributed by atoms with Gasteiger partial charge in [-0.05, 0) is 59.2 Å². The fraction of sp³-hybridized carbons (Fsp3) is 0.435. The van der Waals surface area contributed by atoms with Gasteiger partial charge in [0.25, 0.3) is 0 Å². The van der Waals surface area contributed by atoms with Gasteiger partial charge in [0.1, 0.15) is 5.75 Å². The molecule has 1 aromatic carbocycles. The van der Waals surface area contributed by atoms with Crippen molar-refractivity contribution >= 4 is 16.9 Å². The van der Waals surface area contributed by atoms with E-state index in [0.717, 1.165) is 23.2 Å². The Morgan fingerprint density at radius 1 is 1.19 bits per heavy atom. The van der Waals surface area contributed by atoms with Gasteiger partial charge in [0.15, 0.2) is 6.10 Å². The van der Waals surface area contributed by atoms with Crippen molar-refractivity contribution in [1.29, 1.82) is 0 Å². The maximum Gasteiger partial charge on any atom is 0.347 e. The lowest BCUT2D eigenvalue weighted by molar-refractivity contribution is -0.151. The molecule has 0 spiro atoms. The van der Waals surface area contributed by atoms with Crippen molar-refractivity contribution < 1.29 is 14.3 Å². The van der Waals surface area contributed by atoms with E-state index >= 15 is 0 Å². The first kappa shape index (κ1) is 24.5. The molecule has 0 aliphatic heterocycles. The molecule has 0 fully saturated rings. The molecule has 2 aromatic rings. The maximum atomic E-state index is 11.9. The lowest BCUT2D eigenvalue weighted by atomic mass is 10.2. The Kier molecular flexibility index (Phi) is 12.4. The Morgan fingerprint density at radius 3 is 2.26 bits per heavy atom. The van der Waals surface area contributed by atoms with Crippen molar-refractivity contribution in [2.75, 3.05) is 6.61 Å². The number of ether oxygens (including phenoxy) is 2. The van der Waals surface area contributed by atoms with Crippen molar-refractivity contribution in [3.05, 3.63) is 55.3 Å². The second-order valence-corrected chi connectivity index (χ2v) is 5.80. The minimum atomic E-state index is -0.555. The molecule has 1 heterocycles. The number of nitrogens with zero attached hydrogens (tertiary/aromatic N) is 1. The number of benzene rings is 1. The molecule has 0 saturated heterocycles. The Balaban J connectivity index is 0.000000997. The predicted octanol–water partition coefficient (Wildman–Crippen LogP) is 6.07. The Labute approximate surface area is 164 Å². The normalized spacial score (nSPS) is 10.6. The number of carbonyl (C=O) groups excluding carboxylic acids is 1. The fourth-order valence-electron chi connectivity index (χ4n) is 2.60. The average Bonchev–Trinajstić information content (AvgIpc) is 2.97. The second-order valence-electron chi connectivity index (χ2n) is 5.80. The molecule has 2 rings (SSSR count). The van der Waals surface area contributed by atoms with E-state index in [4.69, 9.17) is 9.47 Å². The first-order valence-corrected chi connectivity index (χ1v) is 9.51. The summed E-state index contributed by atoms with van der Waals surface area (Å²) in [6.45, 7) is 19.7. The Bertz CT molecular complexity index is 710. The van der Waals surface area contributed by atoms with Crippen LogP contribution in [0, 0.1) is 6.92 Å². The minimum absolute atomic E-state index is 0.302. The predicted molar refractivity (Wildman–Crippen MR) is 115 cm³/mol. The van der Waals surface area contributed by atoms with Gasteiger partial charge in [-0.1, -0.05) is 25.1 Å². The highest BCUT2D eigenvalue weighted by atomic mass is 16.6. The first-order chi connectivity index (χ1) is 12.9. The van der Waals surface area contributed by atoms with Crippen molar-refractivity contribution in [2.45, 2.75) is 60.6 Å². The summed E-state index contributed by atoms with van der Waals surface area (Å²) in [7, 11) is 0. The van der Waals surface area contributed by atoms with Gasteiger partial charge in [0.05, 0.1) is 12.1 Å². The molecule has 0 bridgehead atoms. The molecule has 150 valence electrons. The quantitative estimate of drug-likeness (QED) is 0.455. The minimum Gasteiger partial charge on any atom is -0.478 e. The highest BCUT2D eigenvalue weighted by Crippen LogP contribution is 2.30. The van der Waals surface area contributed by atoms with Crippen LogP contribution in [0.2, 0.25) is 0 Å². The summed E-state index contributed by atoms with van der Waals surface area (Å²) in [4.78, 5) is 11.9. The van der Waals surface area contributed by atoms with Gasteiger partial charge in [-0.2, -0.15) is 0 Å². The SMILES string of the molecule is C=CC.C=CC.CCOC(=O)C(CC)Oc1cccc2c1cc(C)n2CC. The molecular formula is C23H35NO3. The highest BCUT2D eigenvalue weighted by molar-refractivity contribution is 5.88. The zero-order chi connectivity index (χ0) is 20.8. The molecule has 1 aromatic heterocycles. The molecular weight excluding hydrogens is 338 g/mol. The van der Waals surface area contributed by atoms with Crippen LogP contribution in [0.4, 0.5) is 0 Å². The molecule has 0 aliphatic rings. The Hall–Kier alpha value is -2.49. The molecule has 27 heavy (non-hydrogen) atoms. The molecule has 4 heteroatoms. The van der Waals surface area contributed by atoms with Crippen molar-refractivity contribution in [3.63, 3.8) is 0 Å². The van der Waals surface area contributed by atoms with Crippen molar-refractivity contribution in [2.24, 2.45) is 0 Å². The lowest BCUT2D eigenvalue weighted by Gasteiger charge is -2.16. The van der Waals surface area contributed by atoms with Crippen LogP contribution >= 0.6 is 0 Å². The van der Waals surface area contributed by atoms with Gasteiger partial charge in [-0.25, -0.2) is 4.79 Å². The van der Waals surface area contributed by atoms with E-state index in [2.05, 4.69) is 43.7 Å². The third-order valence-electron chi connectivity index (χ3n) is 3.62. The Morgan fingerprint density at radius 2 is 1.78 bits per heavy atom. The van der Waals surface area contributed by atoms with E-state index in [-0.39, 0.29) is 5.97 Å². The maximum absolute atomic E-state index is 11.9. The zero-order valence-corrected chi connectivity index (χ0v) is 17.7. The van der Waals surface area contributed by atoms with Crippen molar-refractivity contribution in [3.8, 4) is 5.75 Å². The molecule has 1 unspecified atom stereocenters. The number of aromatic nitrogens is 1. The summed E-state index contributed by atoms with van der Waals surface area (Å²) >= 11 is 0. The number of hydrogen-bond acceptors (Lipinski definition) is 3. The van der Waals surface area contributed by atoms with Crippen LogP contribution in [0.15, 0.2) is 49.6 Å². The lowest BCUT2D eigenvalue weighted by Crippen LogP contribution is -2.28. The molecule has 4 nitrogen and oxygen atoms in total. The van der Waals surface area contributed by atoms with Crippen LogP contribution < -0.4 is 4.74 Å². The molecule has 1 atom stereocenters. The number of carbonyl (C=O) groups is 1. The second kappa shape index (κ2) is 13.7. The summed E-state index contributed by atoms with van der Waals surface area (Å²) in [6, 6.07) is 8.04. The van der Waals surface area contributed by atoms with Crippen LogP contribution in [-0.2, 0) is 16.1 Å². The van der Waals surface area contributed by atoms with E-state index in [1.807, 2.05) is 32.9 Å². The van der Waals surface area contributed by atoms with Gasteiger partial charge in [0, 0.05) is 17.6 Å². The molecule has 0 saturated carbocycles. The van der Waals surface area contributed by atoms with Gasteiger partial charge in [0.2, 0.25) is 0 Å². The number of allylic oxidation sites excluding steroid dienone is 2. The summed E-state index contributed by atoms with van der Waals surface area (Å²) in [5, 5.41) is 1.04. The number of rotatable bonds is 6. The van der Waals surface area contributed by atoms with E-state index in [1.165, 1.54) is 5.69 Å². The monoisotopic (exact) mass is 373 g/mol. The fourth-order valence-corrected chi connectivity index (χ4v) is 2.60. The van der Waals surface area contributed by atoms with Crippen molar-refractivity contribution in [1.82, 2.24) is 4.57 Å². The van der Waals surface area contributed by atoms with Gasteiger partial charge >= 0.3 is 5.97 Å². The topological polar surface area (TPSA) is 40.5 Å². The molecule has 0 aliphatic carbocycles. The van der Waals surface area contributed by atoms with E-state index < -0.39 is 6.10 Å². The van der Waals surface area contributed by atoms with E-state index in [1.54, 1.807) is 19.1 Å². The van der Waals surface area contributed by atoms with Crippen LogP contribution in [0.3, 0.4) is 0 Å². The van der Waals surface area contributed by atoms with E-state index in [0.29, 0.717) is 13.0 Å². The summed E-state index contributed by atoms with van der Waals surface area (Å²) < 4.78 is 13.2. The number of esters is 1. The standard InChI is InChI=1S/C17H23NO3.2C3H6/c1-5-15(17(19)20-7-3)21-16-10-8-9-14-13(16)11-12(4)18(14)6-2;2*1-3-2/h8-11,15H,5-7H2,1-4H3;2*3H,1H2,2H3. The third kappa shape index (κ3) is 7.33. The van der Waals surface area contributed by atoms with Crippen LogP contribution in [0.1, 0.15) is 46.7 Å². The largest absolute Gasteiger partial charge is 0.478 e. The zero-order valence-electron chi connectivity index (χ0n) is 17.7. The number of hydrogen-bond donors (Lipinski definition) is 0. The summed E-state index contributed by atoms with van der Waals surface area (Å²) in [6.07, 6.45) is 3.53. The number of fused-ring (bicyclic) bond motifs is 1. The van der Waals surface area contributed by atoms with Crippen LogP contribution in [-0.4, -0.2) is 23.2 Å². The van der Waals surface area contributed by atoms with Crippen LogP contribution in [0.25, 0.3) is 10.9 Å². The molecule has 0 amide bonds. The van der Waals surface area contributed by atoms with Gasteiger partial charge in [-0.15, -0.1) is 13.2 Å². The third-order valence-corrected chi connectivity index (χ3v) is 3.62. The molecule has 0 radical (unpaired) electrons. The van der Waals surface area contributed by atoms with Gasteiger partial charge in [-0.3, -0.25) is 0 Å². The first-order valence-electron chi connectivity index (χ1n) is 9.51. The van der Waals surface area contributed by atoms with Gasteiger partial charge < -0.3 is 14.0 Å². The summed E-state index contributed by atoms with van der Waals surface area (Å²) in [5.41, 5.74) is 2.32. The average molecular weight is 374 g/mol. The highest BCUT2D eigenvalue weighted by Gasteiger charge is 2.21.